The molecule has 0 saturated heterocycles. The molecule has 0 bridgehead atoms. The lowest BCUT2D eigenvalue weighted by Crippen LogP contribution is -2.41. The number of nitrogens with zero attached hydrogens (tertiary/aromatic N) is 2. The normalized spacial score (nSPS) is 13.6. The van der Waals surface area contributed by atoms with E-state index in [0.29, 0.717) is 5.69 Å². The van der Waals surface area contributed by atoms with Crippen molar-refractivity contribution in [3.05, 3.63) is 24.0 Å². The Morgan fingerprint density at radius 3 is 2.88 bits per heavy atom. The van der Waals surface area contributed by atoms with Gasteiger partial charge in [0, 0.05) is 5.33 Å². The Kier molecular flexibility index (Phi) is 3.99. The molecule has 0 aliphatic carbocycles. The lowest BCUT2D eigenvalue weighted by molar-refractivity contribution is -0.130. The number of hydrogen-bond donors (Lipinski definition) is 2. The molecule has 1 aromatic rings. The van der Waals surface area contributed by atoms with Crippen molar-refractivity contribution in [2.75, 3.05) is 10.6 Å². The molecule has 0 saturated carbocycles. The maximum absolute atomic E-state index is 11.5. The van der Waals surface area contributed by atoms with Crippen LogP contribution < -0.4 is 5.32 Å². The van der Waals surface area contributed by atoms with Crippen molar-refractivity contribution in [1.29, 1.82) is 5.26 Å². The number of nitrogens with one attached hydrogen (secondary N) is 1. The van der Waals surface area contributed by atoms with E-state index in [0.717, 1.165) is 0 Å². The molecule has 0 aromatic carbocycles. The molecule has 1 heterocycles. The van der Waals surface area contributed by atoms with Crippen molar-refractivity contribution in [2.45, 2.75) is 12.5 Å². The van der Waals surface area contributed by atoms with Crippen LogP contribution in [-0.2, 0) is 4.79 Å². The average Bonchev–Trinajstić information content (AvgIpc) is 2.30. The van der Waals surface area contributed by atoms with Crippen LogP contribution in [0.15, 0.2) is 18.3 Å². The summed E-state index contributed by atoms with van der Waals surface area (Å²) in [7, 11) is 0. The SMILES string of the molecule is CC(O)(CBr)C(=O)Nc1ccc(C#N)nc1. The molecule has 0 spiro atoms. The molecule has 1 unspecified atom stereocenters. The topological polar surface area (TPSA) is 86.0 Å². The highest BCUT2D eigenvalue weighted by molar-refractivity contribution is 9.09. The average molecular weight is 284 g/mol. The monoisotopic (exact) mass is 283 g/mol. The summed E-state index contributed by atoms with van der Waals surface area (Å²) < 4.78 is 0. The quantitative estimate of drug-likeness (QED) is 0.812. The van der Waals surface area contributed by atoms with Crippen molar-refractivity contribution >= 4 is 27.5 Å². The zero-order valence-corrected chi connectivity index (χ0v) is 10.2. The van der Waals surface area contributed by atoms with Gasteiger partial charge in [0.2, 0.25) is 0 Å². The number of aromatic nitrogens is 1. The summed E-state index contributed by atoms with van der Waals surface area (Å²) in [6, 6.07) is 4.90. The van der Waals surface area contributed by atoms with E-state index < -0.39 is 11.5 Å². The fourth-order valence-electron chi connectivity index (χ4n) is 0.860. The van der Waals surface area contributed by atoms with Crippen LogP contribution in [0.25, 0.3) is 0 Å². The van der Waals surface area contributed by atoms with Crippen LogP contribution in [0.4, 0.5) is 5.69 Å². The Bertz CT molecular complexity index is 423. The molecule has 0 aliphatic heterocycles. The fraction of sp³-hybridized carbons (Fsp3) is 0.300. The van der Waals surface area contributed by atoms with E-state index in [1.54, 1.807) is 6.07 Å². The second kappa shape index (κ2) is 5.05. The number of halogens is 1. The molecule has 0 radical (unpaired) electrons. The Hall–Kier alpha value is -1.45. The fourth-order valence-corrected chi connectivity index (χ4v) is 1.12. The molecule has 1 rings (SSSR count). The third-order valence-corrected chi connectivity index (χ3v) is 2.98. The first-order valence-corrected chi connectivity index (χ1v) is 5.57. The molecule has 1 amide bonds. The van der Waals surface area contributed by atoms with Crippen LogP contribution in [0.2, 0.25) is 0 Å². The predicted molar refractivity (Wildman–Crippen MR) is 62.0 cm³/mol. The van der Waals surface area contributed by atoms with Gasteiger partial charge in [0.05, 0.1) is 11.9 Å². The number of carbonyl (C=O) groups excluding carboxylic acids is 1. The number of pyridine rings is 1. The van der Waals surface area contributed by atoms with Crippen LogP contribution in [0.1, 0.15) is 12.6 Å². The number of alkyl halides is 1. The molecule has 84 valence electrons. The maximum atomic E-state index is 11.5. The molecule has 1 aromatic heterocycles. The standard InChI is InChI=1S/C10H10BrN3O2/c1-10(16,6-11)9(15)14-8-3-2-7(4-12)13-5-8/h2-3,5,16H,6H2,1H3,(H,14,15). The largest absolute Gasteiger partial charge is 0.379 e. The lowest BCUT2D eigenvalue weighted by Gasteiger charge is -2.19. The van der Waals surface area contributed by atoms with E-state index >= 15 is 0 Å². The van der Waals surface area contributed by atoms with Gasteiger partial charge in [-0.25, -0.2) is 4.98 Å². The Labute approximate surface area is 101 Å². The van der Waals surface area contributed by atoms with Gasteiger partial charge < -0.3 is 10.4 Å². The van der Waals surface area contributed by atoms with Gasteiger partial charge in [0.1, 0.15) is 17.4 Å². The summed E-state index contributed by atoms with van der Waals surface area (Å²) in [5.41, 5.74) is -0.774. The number of aliphatic hydroxyl groups is 1. The van der Waals surface area contributed by atoms with Crippen LogP contribution >= 0.6 is 15.9 Å². The summed E-state index contributed by atoms with van der Waals surface area (Å²) in [4.78, 5) is 15.3. The van der Waals surface area contributed by atoms with Crippen molar-refractivity contribution in [1.82, 2.24) is 4.98 Å². The second-order valence-corrected chi connectivity index (χ2v) is 3.97. The predicted octanol–water partition coefficient (Wildman–Crippen LogP) is 1.04. The van der Waals surface area contributed by atoms with E-state index in [2.05, 4.69) is 26.2 Å². The molecule has 6 heteroatoms. The van der Waals surface area contributed by atoms with Crippen LogP contribution in [-0.4, -0.2) is 26.9 Å². The number of carbonyl (C=O) groups is 1. The Morgan fingerprint density at radius 1 is 1.75 bits per heavy atom. The van der Waals surface area contributed by atoms with Gasteiger partial charge in [-0.2, -0.15) is 5.26 Å². The zero-order chi connectivity index (χ0) is 12.2. The van der Waals surface area contributed by atoms with Gasteiger partial charge in [-0.05, 0) is 19.1 Å². The van der Waals surface area contributed by atoms with Crippen molar-refractivity contribution in [2.24, 2.45) is 0 Å². The van der Waals surface area contributed by atoms with E-state index in [4.69, 9.17) is 5.26 Å². The van der Waals surface area contributed by atoms with Crippen molar-refractivity contribution in [3.63, 3.8) is 0 Å². The third-order valence-electron chi connectivity index (χ3n) is 1.89. The van der Waals surface area contributed by atoms with E-state index in [1.165, 1.54) is 19.2 Å². The summed E-state index contributed by atoms with van der Waals surface area (Å²) in [6.45, 7) is 1.40. The second-order valence-electron chi connectivity index (χ2n) is 3.41. The first-order valence-electron chi connectivity index (χ1n) is 4.45. The molecular weight excluding hydrogens is 274 g/mol. The minimum Gasteiger partial charge on any atom is -0.379 e. The molecule has 0 fully saturated rings. The maximum Gasteiger partial charge on any atom is 0.256 e. The third kappa shape index (κ3) is 3.02. The smallest absolute Gasteiger partial charge is 0.256 e. The highest BCUT2D eigenvalue weighted by Gasteiger charge is 2.28. The molecule has 5 nitrogen and oxygen atoms in total. The Morgan fingerprint density at radius 2 is 2.44 bits per heavy atom. The van der Waals surface area contributed by atoms with Gasteiger partial charge in [-0.1, -0.05) is 15.9 Å². The first-order chi connectivity index (χ1) is 7.49. The summed E-state index contributed by atoms with van der Waals surface area (Å²) in [5.74, 6) is -0.532. The van der Waals surface area contributed by atoms with Gasteiger partial charge in [-0.3, -0.25) is 4.79 Å². The minimum atomic E-state index is -1.48. The van der Waals surface area contributed by atoms with Gasteiger partial charge >= 0.3 is 0 Å². The summed E-state index contributed by atoms with van der Waals surface area (Å²) >= 11 is 3.04. The van der Waals surface area contributed by atoms with Gasteiger partial charge in [0.15, 0.2) is 0 Å². The summed E-state index contributed by atoms with van der Waals surface area (Å²) in [5, 5.41) is 20.8. The van der Waals surface area contributed by atoms with Gasteiger partial charge in [0.25, 0.3) is 5.91 Å². The highest BCUT2D eigenvalue weighted by atomic mass is 79.9. The molecule has 2 N–H and O–H groups in total. The zero-order valence-electron chi connectivity index (χ0n) is 8.57. The number of anilines is 1. The Balaban J connectivity index is 2.75. The minimum absolute atomic E-state index is 0.134. The molecule has 1 atom stereocenters. The van der Waals surface area contributed by atoms with Crippen molar-refractivity contribution in [3.8, 4) is 6.07 Å². The molecular formula is C10H10BrN3O2. The number of rotatable bonds is 3. The van der Waals surface area contributed by atoms with Crippen LogP contribution in [0.3, 0.4) is 0 Å². The number of nitriles is 1. The number of amides is 1. The molecule has 0 aliphatic rings. The first kappa shape index (κ1) is 12.6. The van der Waals surface area contributed by atoms with E-state index in [1.807, 2.05) is 6.07 Å². The molecule has 16 heavy (non-hydrogen) atoms. The highest BCUT2D eigenvalue weighted by Crippen LogP contribution is 2.12. The van der Waals surface area contributed by atoms with Gasteiger partial charge in [-0.15, -0.1) is 0 Å². The lowest BCUT2D eigenvalue weighted by atomic mass is 10.1. The van der Waals surface area contributed by atoms with Crippen LogP contribution in [0.5, 0.6) is 0 Å². The van der Waals surface area contributed by atoms with E-state index in [9.17, 15) is 9.90 Å². The summed E-state index contributed by atoms with van der Waals surface area (Å²) in [6.07, 6.45) is 1.36. The van der Waals surface area contributed by atoms with Crippen molar-refractivity contribution < 1.29 is 9.90 Å². The van der Waals surface area contributed by atoms with E-state index in [-0.39, 0.29) is 11.0 Å². The number of hydrogen-bond acceptors (Lipinski definition) is 4. The van der Waals surface area contributed by atoms with Crippen LogP contribution in [0, 0.1) is 11.3 Å².